The Morgan fingerprint density at radius 3 is 2.23 bits per heavy atom. The van der Waals surface area contributed by atoms with Gasteiger partial charge < -0.3 is 25.6 Å². The van der Waals surface area contributed by atoms with E-state index in [1.54, 1.807) is 6.92 Å². The fourth-order valence-corrected chi connectivity index (χ4v) is 5.86. The van der Waals surface area contributed by atoms with Crippen molar-refractivity contribution in [2.75, 3.05) is 18.5 Å². The molecule has 1 amide bonds. The Morgan fingerprint density at radius 2 is 1.62 bits per heavy atom. The van der Waals surface area contributed by atoms with Gasteiger partial charge in [0.05, 0.1) is 12.2 Å². The largest absolute Gasteiger partial charge is 0.473 e. The van der Waals surface area contributed by atoms with Crippen molar-refractivity contribution in [3.8, 4) is 0 Å². The Bertz CT molecular complexity index is 1300. The minimum absolute atomic E-state index is 0.170. The van der Waals surface area contributed by atoms with Crippen LogP contribution in [0.2, 0.25) is 0 Å². The van der Waals surface area contributed by atoms with E-state index in [9.17, 15) is 9.59 Å². The van der Waals surface area contributed by atoms with Crippen LogP contribution >= 0.6 is 11.3 Å². The number of thiophene rings is 1. The molecule has 3 aromatic rings. The van der Waals surface area contributed by atoms with Crippen molar-refractivity contribution < 1.29 is 34.1 Å². The summed E-state index contributed by atoms with van der Waals surface area (Å²) in [5, 5.41) is 21.9. The van der Waals surface area contributed by atoms with E-state index in [1.165, 1.54) is 21.8 Å². The molecule has 0 saturated carbocycles. The molecule has 4 N–H and O–H groups in total. The van der Waals surface area contributed by atoms with Gasteiger partial charge in [0.25, 0.3) is 0 Å². The smallest absolute Gasteiger partial charge is 0.414 e. The van der Waals surface area contributed by atoms with Gasteiger partial charge in [-0.25, -0.2) is 14.4 Å². The SMILES string of the molecule is CCOC(=O)c1c(NC(=O)C(NCCc2ccccc2)c2ccccc2)sc2c1CCC(C)C2.O=C(O)C(=O)O. The molecule has 212 valence electrons. The van der Waals surface area contributed by atoms with E-state index < -0.39 is 18.0 Å². The van der Waals surface area contributed by atoms with Crippen LogP contribution in [-0.4, -0.2) is 47.2 Å². The highest BCUT2D eigenvalue weighted by Gasteiger charge is 2.30. The number of ether oxygens (including phenoxy) is 1. The maximum absolute atomic E-state index is 13.5. The number of anilines is 1. The van der Waals surface area contributed by atoms with Gasteiger partial charge in [0, 0.05) is 11.4 Å². The standard InChI is InChI=1S/C28H32N2O3S.C2H2O4/c1-3-33-28(32)24-22-15-14-19(2)18-23(22)34-27(24)30-26(31)25(21-12-8-5-9-13-21)29-17-16-20-10-6-4-7-11-20;3-1(4)2(5)6/h4-13,19,25,29H,3,14-18H2,1-2H3,(H,30,31);(H,3,4)(H,5,6). The van der Waals surface area contributed by atoms with Gasteiger partial charge in [-0.2, -0.15) is 0 Å². The molecule has 2 atom stereocenters. The van der Waals surface area contributed by atoms with Crippen molar-refractivity contribution in [1.82, 2.24) is 5.32 Å². The normalized spacial score (nSPS) is 14.6. The number of rotatable bonds is 9. The van der Waals surface area contributed by atoms with Crippen molar-refractivity contribution in [3.05, 3.63) is 87.8 Å². The number of carboxylic acids is 2. The van der Waals surface area contributed by atoms with Crippen LogP contribution in [0, 0.1) is 5.92 Å². The van der Waals surface area contributed by atoms with Crippen LogP contribution in [0.25, 0.3) is 0 Å². The van der Waals surface area contributed by atoms with Gasteiger partial charge in [-0.15, -0.1) is 11.3 Å². The van der Waals surface area contributed by atoms with E-state index in [-0.39, 0.29) is 11.9 Å². The molecular weight excluding hydrogens is 532 g/mol. The zero-order valence-corrected chi connectivity index (χ0v) is 23.3. The summed E-state index contributed by atoms with van der Waals surface area (Å²) in [7, 11) is 0. The summed E-state index contributed by atoms with van der Waals surface area (Å²) >= 11 is 1.52. The fraction of sp³-hybridized carbons (Fsp3) is 0.333. The minimum atomic E-state index is -1.82. The highest BCUT2D eigenvalue weighted by Crippen LogP contribution is 2.40. The van der Waals surface area contributed by atoms with E-state index in [0.29, 0.717) is 29.6 Å². The van der Waals surface area contributed by atoms with E-state index in [4.69, 9.17) is 24.5 Å². The maximum atomic E-state index is 13.5. The molecule has 0 bridgehead atoms. The van der Waals surface area contributed by atoms with Crippen molar-refractivity contribution in [2.24, 2.45) is 5.92 Å². The van der Waals surface area contributed by atoms with E-state index in [0.717, 1.165) is 36.8 Å². The molecule has 0 radical (unpaired) electrons. The lowest BCUT2D eigenvalue weighted by atomic mass is 9.88. The molecule has 1 aliphatic rings. The number of carbonyl (C=O) groups excluding carboxylic acids is 2. The third-order valence-electron chi connectivity index (χ3n) is 6.41. The third kappa shape index (κ3) is 8.49. The number of carboxylic acid groups (broad SMARTS) is 2. The fourth-order valence-electron chi connectivity index (χ4n) is 4.46. The summed E-state index contributed by atoms with van der Waals surface area (Å²) in [5.74, 6) is -3.60. The number of esters is 1. The van der Waals surface area contributed by atoms with Gasteiger partial charge >= 0.3 is 17.9 Å². The summed E-state index contributed by atoms with van der Waals surface area (Å²) in [6, 6.07) is 19.4. The number of carbonyl (C=O) groups is 4. The summed E-state index contributed by atoms with van der Waals surface area (Å²) < 4.78 is 5.36. The average molecular weight is 567 g/mol. The molecule has 9 nitrogen and oxygen atoms in total. The molecule has 0 fully saturated rings. The number of amides is 1. The molecule has 1 heterocycles. The molecule has 4 rings (SSSR count). The van der Waals surface area contributed by atoms with Crippen LogP contribution in [0.15, 0.2) is 60.7 Å². The van der Waals surface area contributed by atoms with E-state index in [1.807, 2.05) is 48.5 Å². The summed E-state index contributed by atoms with van der Waals surface area (Å²) in [4.78, 5) is 45.8. The maximum Gasteiger partial charge on any atom is 0.414 e. The van der Waals surface area contributed by atoms with Crippen molar-refractivity contribution >= 4 is 40.2 Å². The lowest BCUT2D eigenvalue weighted by Crippen LogP contribution is -2.34. The Morgan fingerprint density at radius 1 is 1.00 bits per heavy atom. The minimum Gasteiger partial charge on any atom is -0.473 e. The van der Waals surface area contributed by atoms with Crippen LogP contribution in [0.4, 0.5) is 5.00 Å². The van der Waals surface area contributed by atoms with E-state index in [2.05, 4.69) is 29.7 Å². The second-order valence-corrected chi connectivity index (χ2v) is 10.5. The second-order valence-electron chi connectivity index (χ2n) is 9.41. The second kappa shape index (κ2) is 14.9. The Kier molecular flexibility index (Phi) is 11.4. The van der Waals surface area contributed by atoms with Crippen LogP contribution in [0.3, 0.4) is 0 Å². The lowest BCUT2D eigenvalue weighted by molar-refractivity contribution is -0.159. The number of hydrogen-bond acceptors (Lipinski definition) is 7. The predicted octanol–water partition coefficient (Wildman–Crippen LogP) is 4.72. The highest BCUT2D eigenvalue weighted by molar-refractivity contribution is 7.17. The van der Waals surface area contributed by atoms with Crippen LogP contribution in [-0.2, 0) is 38.4 Å². The molecule has 2 unspecified atom stereocenters. The van der Waals surface area contributed by atoms with E-state index >= 15 is 0 Å². The van der Waals surface area contributed by atoms with Crippen LogP contribution < -0.4 is 10.6 Å². The van der Waals surface area contributed by atoms with Gasteiger partial charge in [-0.3, -0.25) is 4.79 Å². The van der Waals surface area contributed by atoms with Gasteiger partial charge in [-0.1, -0.05) is 67.6 Å². The first-order valence-electron chi connectivity index (χ1n) is 13.1. The molecule has 0 spiro atoms. The summed E-state index contributed by atoms with van der Waals surface area (Å²) in [5.41, 5.74) is 3.69. The first kappa shape index (κ1) is 30.5. The van der Waals surface area contributed by atoms with Crippen molar-refractivity contribution in [2.45, 2.75) is 45.6 Å². The Labute approximate surface area is 237 Å². The Hall–Kier alpha value is -4.02. The zero-order chi connectivity index (χ0) is 29.1. The summed E-state index contributed by atoms with van der Waals surface area (Å²) in [6.45, 7) is 4.99. The molecule has 1 aliphatic carbocycles. The molecule has 0 aliphatic heterocycles. The molecule has 2 aromatic carbocycles. The highest BCUT2D eigenvalue weighted by atomic mass is 32.1. The van der Waals surface area contributed by atoms with Gasteiger partial charge in [0.1, 0.15) is 11.0 Å². The predicted molar refractivity (Wildman–Crippen MR) is 153 cm³/mol. The molecule has 40 heavy (non-hydrogen) atoms. The van der Waals surface area contributed by atoms with Crippen LogP contribution in [0.5, 0.6) is 0 Å². The van der Waals surface area contributed by atoms with Gasteiger partial charge in [0.15, 0.2) is 0 Å². The number of aliphatic carboxylic acids is 2. The quantitative estimate of drug-likeness (QED) is 0.215. The van der Waals surface area contributed by atoms with Gasteiger partial charge in [-0.05, 0) is 55.2 Å². The molecule has 0 saturated heterocycles. The first-order valence-corrected chi connectivity index (χ1v) is 13.9. The van der Waals surface area contributed by atoms with Crippen molar-refractivity contribution in [1.29, 1.82) is 0 Å². The monoisotopic (exact) mass is 566 g/mol. The zero-order valence-electron chi connectivity index (χ0n) is 22.5. The summed E-state index contributed by atoms with van der Waals surface area (Å²) in [6.07, 6.45) is 3.63. The first-order chi connectivity index (χ1) is 19.2. The molecule has 1 aromatic heterocycles. The van der Waals surface area contributed by atoms with Crippen LogP contribution in [0.1, 0.15) is 58.2 Å². The molecular formula is C30H34N2O7S. The number of benzene rings is 2. The third-order valence-corrected chi connectivity index (χ3v) is 7.58. The number of nitrogens with one attached hydrogen (secondary N) is 2. The topological polar surface area (TPSA) is 142 Å². The molecule has 10 heteroatoms. The van der Waals surface area contributed by atoms with Crippen molar-refractivity contribution in [3.63, 3.8) is 0 Å². The Balaban J connectivity index is 0.000000663. The number of hydrogen-bond donors (Lipinski definition) is 4. The number of fused-ring (bicyclic) bond motifs is 1. The average Bonchev–Trinajstić information content (AvgIpc) is 3.29. The lowest BCUT2D eigenvalue weighted by Gasteiger charge is -2.19. The van der Waals surface area contributed by atoms with Gasteiger partial charge in [0.2, 0.25) is 5.91 Å².